The van der Waals surface area contributed by atoms with E-state index in [2.05, 4.69) is 36.8 Å². The molecule has 0 fully saturated rings. The Morgan fingerprint density at radius 1 is 1.18 bits per heavy atom. The fraction of sp³-hybridized carbons (Fsp3) is 0. The van der Waals surface area contributed by atoms with Crippen molar-refractivity contribution < 1.29 is 9.53 Å². The van der Waals surface area contributed by atoms with Gasteiger partial charge in [0.25, 0.3) is 0 Å². The van der Waals surface area contributed by atoms with Gasteiger partial charge in [-0.15, -0.1) is 0 Å². The van der Waals surface area contributed by atoms with Crippen molar-refractivity contribution in [2.75, 3.05) is 0 Å². The Kier molecular flexibility index (Phi) is 3.91. The van der Waals surface area contributed by atoms with Crippen LogP contribution in [0, 0.1) is 0 Å². The van der Waals surface area contributed by atoms with E-state index >= 15 is 0 Å². The zero-order chi connectivity index (χ0) is 12.3. The molecule has 2 aromatic rings. The van der Waals surface area contributed by atoms with Gasteiger partial charge in [-0.2, -0.15) is 0 Å². The van der Waals surface area contributed by atoms with E-state index in [4.69, 9.17) is 4.74 Å². The molecular formula is C12H7Br2NO2. The molecule has 0 N–H and O–H groups in total. The molecule has 0 radical (unpaired) electrons. The Morgan fingerprint density at radius 2 is 2.00 bits per heavy atom. The Labute approximate surface area is 115 Å². The Bertz CT molecular complexity index is 558. The van der Waals surface area contributed by atoms with Gasteiger partial charge in [-0.05, 0) is 40.2 Å². The molecule has 1 aromatic heterocycles. The average Bonchev–Trinajstić information content (AvgIpc) is 2.33. The maximum absolute atomic E-state index is 10.6. The lowest BCUT2D eigenvalue weighted by Gasteiger charge is -2.07. The standard InChI is InChI=1S/C12H7Br2NO2/c13-9-1-2-12(11(14)4-9)17-10-3-8(7-16)5-15-6-10/h1-7H. The summed E-state index contributed by atoms with van der Waals surface area (Å²) in [7, 11) is 0. The van der Waals surface area contributed by atoms with Crippen LogP contribution in [-0.4, -0.2) is 11.3 Å². The molecule has 0 atom stereocenters. The number of aldehydes is 1. The van der Waals surface area contributed by atoms with E-state index < -0.39 is 0 Å². The summed E-state index contributed by atoms with van der Waals surface area (Å²) in [6.07, 6.45) is 3.77. The van der Waals surface area contributed by atoms with Crippen LogP contribution in [0.15, 0.2) is 45.6 Å². The van der Waals surface area contributed by atoms with Crippen molar-refractivity contribution in [1.82, 2.24) is 4.98 Å². The summed E-state index contributed by atoms with van der Waals surface area (Å²) in [5.41, 5.74) is 0.482. The zero-order valence-corrected chi connectivity index (χ0v) is 11.7. The largest absolute Gasteiger partial charge is 0.455 e. The van der Waals surface area contributed by atoms with E-state index in [1.165, 1.54) is 6.20 Å². The second-order valence-corrected chi connectivity index (χ2v) is 5.02. The summed E-state index contributed by atoms with van der Waals surface area (Å²) >= 11 is 6.76. The Balaban J connectivity index is 2.27. The number of hydrogen-bond acceptors (Lipinski definition) is 3. The quantitative estimate of drug-likeness (QED) is 0.773. The highest BCUT2D eigenvalue weighted by Gasteiger charge is 2.04. The van der Waals surface area contributed by atoms with Crippen LogP contribution in [-0.2, 0) is 0 Å². The second-order valence-electron chi connectivity index (χ2n) is 3.25. The lowest BCUT2D eigenvalue weighted by Crippen LogP contribution is -1.89. The molecule has 0 amide bonds. The third-order valence-electron chi connectivity index (χ3n) is 1.99. The molecule has 0 unspecified atom stereocenters. The van der Waals surface area contributed by atoms with Gasteiger partial charge in [-0.25, -0.2) is 0 Å². The molecule has 0 bridgehead atoms. The SMILES string of the molecule is O=Cc1cncc(Oc2ccc(Br)cc2Br)c1. The molecule has 17 heavy (non-hydrogen) atoms. The highest BCUT2D eigenvalue weighted by molar-refractivity contribution is 9.11. The van der Waals surface area contributed by atoms with Crippen LogP contribution in [0.25, 0.3) is 0 Å². The first-order chi connectivity index (χ1) is 8.19. The molecule has 0 saturated heterocycles. The van der Waals surface area contributed by atoms with Crippen LogP contribution in [0.2, 0.25) is 0 Å². The minimum absolute atomic E-state index is 0.482. The topological polar surface area (TPSA) is 39.2 Å². The van der Waals surface area contributed by atoms with Crippen LogP contribution in [0.5, 0.6) is 11.5 Å². The minimum atomic E-state index is 0.482. The Morgan fingerprint density at radius 3 is 2.71 bits per heavy atom. The van der Waals surface area contributed by atoms with Gasteiger partial charge in [-0.1, -0.05) is 15.9 Å². The number of halogens is 2. The molecular weight excluding hydrogens is 350 g/mol. The molecule has 1 aromatic carbocycles. The summed E-state index contributed by atoms with van der Waals surface area (Å²) in [4.78, 5) is 14.5. The van der Waals surface area contributed by atoms with Crippen LogP contribution >= 0.6 is 31.9 Å². The zero-order valence-electron chi connectivity index (χ0n) is 8.56. The summed E-state index contributed by atoms with van der Waals surface area (Å²) in [5, 5.41) is 0. The summed E-state index contributed by atoms with van der Waals surface area (Å²) < 4.78 is 7.40. The van der Waals surface area contributed by atoms with Crippen LogP contribution in [0.4, 0.5) is 0 Å². The monoisotopic (exact) mass is 355 g/mol. The van der Waals surface area contributed by atoms with Crippen molar-refractivity contribution in [3.63, 3.8) is 0 Å². The van der Waals surface area contributed by atoms with Gasteiger partial charge in [0.05, 0.1) is 10.7 Å². The third kappa shape index (κ3) is 3.14. The van der Waals surface area contributed by atoms with E-state index in [1.54, 1.807) is 12.3 Å². The molecule has 0 spiro atoms. The molecule has 0 aliphatic heterocycles. The van der Waals surface area contributed by atoms with Gasteiger partial charge < -0.3 is 4.74 Å². The van der Waals surface area contributed by atoms with E-state index in [9.17, 15) is 4.79 Å². The van der Waals surface area contributed by atoms with E-state index in [-0.39, 0.29) is 0 Å². The van der Waals surface area contributed by atoms with Crippen molar-refractivity contribution in [3.05, 3.63) is 51.2 Å². The summed E-state index contributed by atoms with van der Waals surface area (Å²) in [5.74, 6) is 1.19. The lowest BCUT2D eigenvalue weighted by atomic mass is 10.3. The van der Waals surface area contributed by atoms with Gasteiger partial charge in [0.15, 0.2) is 6.29 Å². The maximum atomic E-state index is 10.6. The second kappa shape index (κ2) is 5.42. The number of carbonyl (C=O) groups excluding carboxylic acids is 1. The van der Waals surface area contributed by atoms with Gasteiger partial charge >= 0.3 is 0 Å². The Hall–Kier alpha value is -1.20. The molecule has 86 valence electrons. The minimum Gasteiger partial charge on any atom is -0.455 e. The number of benzene rings is 1. The number of hydrogen-bond donors (Lipinski definition) is 0. The third-order valence-corrected chi connectivity index (χ3v) is 3.11. The lowest BCUT2D eigenvalue weighted by molar-refractivity contribution is 0.112. The summed E-state index contributed by atoms with van der Waals surface area (Å²) in [6, 6.07) is 7.21. The van der Waals surface area contributed by atoms with Crippen molar-refractivity contribution in [3.8, 4) is 11.5 Å². The van der Waals surface area contributed by atoms with Gasteiger partial charge in [0, 0.05) is 16.2 Å². The smallest absolute Gasteiger partial charge is 0.151 e. The predicted molar refractivity (Wildman–Crippen MR) is 71.5 cm³/mol. The highest BCUT2D eigenvalue weighted by Crippen LogP contribution is 2.31. The fourth-order valence-electron chi connectivity index (χ4n) is 1.24. The first-order valence-electron chi connectivity index (χ1n) is 4.72. The average molecular weight is 357 g/mol. The van der Waals surface area contributed by atoms with Crippen molar-refractivity contribution in [1.29, 1.82) is 0 Å². The van der Waals surface area contributed by atoms with Gasteiger partial charge in [0.1, 0.15) is 11.5 Å². The molecule has 0 saturated carbocycles. The van der Waals surface area contributed by atoms with E-state index in [1.807, 2.05) is 18.2 Å². The molecule has 0 aliphatic rings. The number of ether oxygens (including phenoxy) is 1. The molecule has 5 heteroatoms. The fourth-order valence-corrected chi connectivity index (χ4v) is 2.37. The van der Waals surface area contributed by atoms with Crippen molar-refractivity contribution >= 4 is 38.1 Å². The molecule has 2 rings (SSSR count). The van der Waals surface area contributed by atoms with Crippen molar-refractivity contribution in [2.45, 2.75) is 0 Å². The number of carbonyl (C=O) groups is 1. The van der Waals surface area contributed by atoms with Crippen LogP contribution < -0.4 is 4.74 Å². The molecule has 0 aliphatic carbocycles. The van der Waals surface area contributed by atoms with Crippen LogP contribution in [0.1, 0.15) is 10.4 Å². The maximum Gasteiger partial charge on any atom is 0.151 e. The number of aromatic nitrogens is 1. The molecule has 1 heterocycles. The normalized spacial score (nSPS) is 10.0. The van der Waals surface area contributed by atoms with Gasteiger partial charge in [-0.3, -0.25) is 9.78 Å². The number of rotatable bonds is 3. The van der Waals surface area contributed by atoms with Gasteiger partial charge in [0.2, 0.25) is 0 Å². The van der Waals surface area contributed by atoms with Crippen LogP contribution in [0.3, 0.4) is 0 Å². The number of nitrogens with zero attached hydrogens (tertiary/aromatic N) is 1. The first-order valence-corrected chi connectivity index (χ1v) is 6.31. The molecule has 3 nitrogen and oxygen atoms in total. The predicted octanol–water partition coefficient (Wildman–Crippen LogP) is 4.21. The highest BCUT2D eigenvalue weighted by atomic mass is 79.9. The van der Waals surface area contributed by atoms with E-state index in [0.717, 1.165) is 15.2 Å². The summed E-state index contributed by atoms with van der Waals surface area (Å²) in [6.45, 7) is 0. The van der Waals surface area contributed by atoms with E-state index in [0.29, 0.717) is 17.1 Å². The first kappa shape index (κ1) is 12.3. The number of pyridine rings is 1. The van der Waals surface area contributed by atoms with Crippen molar-refractivity contribution in [2.24, 2.45) is 0 Å².